The predicted octanol–water partition coefficient (Wildman–Crippen LogP) is 15.6. The second-order valence-corrected chi connectivity index (χ2v) is 16.2. The van der Waals surface area contributed by atoms with Gasteiger partial charge in [0, 0.05) is 12.8 Å². The summed E-state index contributed by atoms with van der Waals surface area (Å²) in [6.45, 7) is 7.03. The molecule has 3 atom stereocenters. The van der Waals surface area contributed by atoms with Crippen molar-refractivity contribution < 1.29 is 9.47 Å². The molecule has 2 heteroatoms. The Kier molecular flexibility index (Phi) is 27.3. The Balaban J connectivity index is 1.47. The van der Waals surface area contributed by atoms with Crippen molar-refractivity contribution in [3.05, 3.63) is 0 Å². The molecule has 1 heterocycles. The van der Waals surface area contributed by atoms with E-state index in [9.17, 15) is 0 Å². The van der Waals surface area contributed by atoms with E-state index in [0.717, 1.165) is 18.8 Å². The molecule has 274 valence electrons. The van der Waals surface area contributed by atoms with E-state index in [-0.39, 0.29) is 5.79 Å². The summed E-state index contributed by atoms with van der Waals surface area (Å²) in [5.74, 6) is 0.539. The van der Waals surface area contributed by atoms with Crippen LogP contribution in [0, 0.1) is 5.92 Å². The number of fused-ring (bicyclic) bond motifs is 1. The van der Waals surface area contributed by atoms with E-state index in [1.165, 1.54) is 225 Å². The first kappa shape index (κ1) is 42.1. The molecule has 0 spiro atoms. The molecule has 0 aromatic rings. The Morgan fingerprint density at radius 3 is 0.978 bits per heavy atom. The average molecular weight is 647 g/mol. The molecule has 2 fully saturated rings. The third-order valence-corrected chi connectivity index (χ3v) is 11.5. The minimum absolute atomic E-state index is 0.259. The number of rotatable bonds is 34. The summed E-state index contributed by atoms with van der Waals surface area (Å²) in [5.41, 5.74) is 0. The van der Waals surface area contributed by atoms with Gasteiger partial charge in [-0.2, -0.15) is 0 Å². The summed E-state index contributed by atoms with van der Waals surface area (Å²) in [6, 6.07) is 0. The van der Waals surface area contributed by atoms with E-state index in [4.69, 9.17) is 9.47 Å². The lowest BCUT2D eigenvalue weighted by Crippen LogP contribution is -2.31. The smallest absolute Gasteiger partial charge is 0.169 e. The van der Waals surface area contributed by atoms with Gasteiger partial charge < -0.3 is 9.47 Å². The Bertz CT molecular complexity index is 595. The highest BCUT2D eigenvalue weighted by molar-refractivity contribution is 4.90. The minimum Gasteiger partial charge on any atom is -0.344 e. The highest BCUT2D eigenvalue weighted by Gasteiger charge is 2.48. The molecule has 0 N–H and O–H groups in total. The molecule has 0 aromatic heterocycles. The zero-order valence-corrected chi connectivity index (χ0v) is 32.2. The predicted molar refractivity (Wildman–Crippen MR) is 204 cm³/mol. The Hall–Kier alpha value is -0.0800. The maximum Gasteiger partial charge on any atom is 0.169 e. The number of ether oxygens (including phenoxy) is 2. The van der Waals surface area contributed by atoms with Crippen LogP contribution < -0.4 is 0 Å². The Morgan fingerprint density at radius 1 is 0.370 bits per heavy atom. The fraction of sp³-hybridized carbons (Fsp3) is 1.00. The summed E-state index contributed by atoms with van der Waals surface area (Å²) < 4.78 is 13.7. The summed E-state index contributed by atoms with van der Waals surface area (Å²) >= 11 is 0. The quantitative estimate of drug-likeness (QED) is 0.0648. The van der Waals surface area contributed by atoms with Crippen LogP contribution >= 0.6 is 0 Å². The molecule has 0 amide bonds. The highest BCUT2D eigenvalue weighted by atomic mass is 16.8. The van der Waals surface area contributed by atoms with Crippen LogP contribution in [0.5, 0.6) is 0 Å². The van der Waals surface area contributed by atoms with Gasteiger partial charge in [-0.1, -0.05) is 213 Å². The van der Waals surface area contributed by atoms with E-state index in [1.54, 1.807) is 0 Å². The minimum atomic E-state index is -0.259. The van der Waals surface area contributed by atoms with Crippen LogP contribution in [0.1, 0.15) is 258 Å². The zero-order valence-electron chi connectivity index (χ0n) is 32.2. The van der Waals surface area contributed by atoms with Gasteiger partial charge in [-0.25, -0.2) is 0 Å². The first-order valence-corrected chi connectivity index (χ1v) is 22.0. The maximum atomic E-state index is 6.85. The molecule has 2 nitrogen and oxygen atoms in total. The van der Waals surface area contributed by atoms with Crippen LogP contribution in [0.4, 0.5) is 0 Å². The van der Waals surface area contributed by atoms with E-state index in [1.807, 2.05) is 0 Å². The van der Waals surface area contributed by atoms with Gasteiger partial charge in [0.05, 0.1) is 12.2 Å². The van der Waals surface area contributed by atoms with Gasteiger partial charge in [-0.15, -0.1) is 0 Å². The molecule has 2 rings (SSSR count). The fourth-order valence-corrected chi connectivity index (χ4v) is 8.38. The molecular weight excluding hydrogens is 560 g/mol. The first-order chi connectivity index (χ1) is 22.7. The third kappa shape index (κ3) is 21.8. The van der Waals surface area contributed by atoms with Gasteiger partial charge in [0.2, 0.25) is 0 Å². The lowest BCUT2D eigenvalue weighted by molar-refractivity contribution is -0.186. The van der Waals surface area contributed by atoms with Crippen LogP contribution in [-0.2, 0) is 9.47 Å². The number of unbranched alkanes of at least 4 members (excludes halogenated alkanes) is 30. The Labute approximate surface area is 291 Å². The second kappa shape index (κ2) is 29.8. The molecule has 1 aliphatic heterocycles. The SMILES string of the molecule is CCCCCCCCCCCCCCCCCCC1(CCCCCCCCCCCCCCCCCC)O[C@H]2C[C@@H](C)CC[C@H]2O1. The average Bonchev–Trinajstić information content (AvgIpc) is 3.41. The molecule has 1 aliphatic carbocycles. The molecule has 1 saturated heterocycles. The summed E-state index contributed by atoms with van der Waals surface area (Å²) in [5, 5.41) is 0. The van der Waals surface area contributed by atoms with Gasteiger partial charge in [-0.3, -0.25) is 0 Å². The standard InChI is InChI=1S/C44H86O2/c1-4-6-8-10-12-14-16-18-20-22-24-26-28-30-32-34-38-44(45-42-37-36-41(3)40-43(42)46-44)39-35-33-31-29-27-25-23-21-19-17-15-13-11-9-7-5-2/h41-43H,4-40H2,1-3H3/t41-,42+,43-/m0/s1. The van der Waals surface area contributed by atoms with Gasteiger partial charge in [0.25, 0.3) is 0 Å². The number of hydrogen-bond acceptors (Lipinski definition) is 2. The molecular formula is C44H86O2. The van der Waals surface area contributed by atoms with Crippen molar-refractivity contribution in [2.45, 2.75) is 276 Å². The van der Waals surface area contributed by atoms with Crippen molar-refractivity contribution >= 4 is 0 Å². The van der Waals surface area contributed by atoms with Gasteiger partial charge >= 0.3 is 0 Å². The number of hydrogen-bond donors (Lipinski definition) is 0. The summed E-state index contributed by atoms with van der Waals surface area (Å²) in [6.07, 6.45) is 52.5. The topological polar surface area (TPSA) is 18.5 Å². The van der Waals surface area contributed by atoms with Crippen LogP contribution in [0.15, 0.2) is 0 Å². The van der Waals surface area contributed by atoms with Crippen molar-refractivity contribution in [2.24, 2.45) is 5.92 Å². The molecule has 0 radical (unpaired) electrons. The van der Waals surface area contributed by atoms with Crippen molar-refractivity contribution in [3.63, 3.8) is 0 Å². The zero-order chi connectivity index (χ0) is 32.8. The largest absolute Gasteiger partial charge is 0.344 e. The van der Waals surface area contributed by atoms with E-state index in [2.05, 4.69) is 20.8 Å². The second-order valence-electron chi connectivity index (χ2n) is 16.2. The lowest BCUT2D eigenvalue weighted by Gasteiger charge is -2.28. The molecule has 0 bridgehead atoms. The Morgan fingerprint density at radius 2 is 0.652 bits per heavy atom. The normalized spacial score (nSPS) is 20.8. The molecule has 2 aliphatic rings. The van der Waals surface area contributed by atoms with E-state index >= 15 is 0 Å². The van der Waals surface area contributed by atoms with Crippen LogP contribution in [0.2, 0.25) is 0 Å². The lowest BCUT2D eigenvalue weighted by atomic mass is 9.87. The van der Waals surface area contributed by atoms with Gasteiger partial charge in [0.1, 0.15) is 0 Å². The molecule has 46 heavy (non-hydrogen) atoms. The summed E-state index contributed by atoms with van der Waals surface area (Å²) in [4.78, 5) is 0. The van der Waals surface area contributed by atoms with E-state index in [0.29, 0.717) is 12.2 Å². The van der Waals surface area contributed by atoms with Gasteiger partial charge in [-0.05, 0) is 38.0 Å². The van der Waals surface area contributed by atoms with Crippen molar-refractivity contribution in [3.8, 4) is 0 Å². The van der Waals surface area contributed by atoms with Crippen molar-refractivity contribution in [1.82, 2.24) is 0 Å². The van der Waals surface area contributed by atoms with Crippen LogP contribution in [0.25, 0.3) is 0 Å². The van der Waals surface area contributed by atoms with Crippen LogP contribution in [0.3, 0.4) is 0 Å². The fourth-order valence-electron chi connectivity index (χ4n) is 8.38. The molecule has 1 saturated carbocycles. The van der Waals surface area contributed by atoms with Gasteiger partial charge in [0.15, 0.2) is 5.79 Å². The van der Waals surface area contributed by atoms with Crippen LogP contribution in [-0.4, -0.2) is 18.0 Å². The highest BCUT2D eigenvalue weighted by Crippen LogP contribution is 2.44. The first-order valence-electron chi connectivity index (χ1n) is 22.0. The van der Waals surface area contributed by atoms with Crippen molar-refractivity contribution in [1.29, 1.82) is 0 Å². The maximum absolute atomic E-state index is 6.85. The third-order valence-electron chi connectivity index (χ3n) is 11.5. The molecule has 0 unspecified atom stereocenters. The molecule has 0 aromatic carbocycles. The summed E-state index contributed by atoms with van der Waals surface area (Å²) in [7, 11) is 0. The monoisotopic (exact) mass is 647 g/mol. The van der Waals surface area contributed by atoms with Crippen molar-refractivity contribution in [2.75, 3.05) is 0 Å². The van der Waals surface area contributed by atoms with E-state index < -0.39 is 0 Å².